The van der Waals surface area contributed by atoms with Crippen LogP contribution in [0.5, 0.6) is 0 Å². The quantitative estimate of drug-likeness (QED) is 0.772. The van der Waals surface area contributed by atoms with Crippen molar-refractivity contribution < 1.29 is 5.11 Å². The van der Waals surface area contributed by atoms with E-state index in [-0.39, 0.29) is 6.10 Å². The first-order valence-corrected chi connectivity index (χ1v) is 5.32. The lowest BCUT2D eigenvalue weighted by Gasteiger charge is -2.16. The summed E-state index contributed by atoms with van der Waals surface area (Å²) >= 11 is 0. The largest absolute Gasteiger partial charge is 0.393 e. The second-order valence-corrected chi connectivity index (χ2v) is 4.42. The predicted molar refractivity (Wildman–Crippen MR) is 54.8 cm³/mol. The number of aliphatic hydroxyl groups is 1. The molecule has 0 aromatic carbocycles. The lowest BCUT2D eigenvalue weighted by molar-refractivity contribution is 0.127. The first kappa shape index (κ1) is 9.71. The Balaban J connectivity index is 2.02. The summed E-state index contributed by atoms with van der Waals surface area (Å²) in [6, 6.07) is 0. The van der Waals surface area contributed by atoms with Crippen molar-refractivity contribution in [3.63, 3.8) is 0 Å². The number of aromatic nitrogens is 2. The summed E-state index contributed by atoms with van der Waals surface area (Å²) in [5.41, 5.74) is 0. The van der Waals surface area contributed by atoms with Crippen molar-refractivity contribution in [3.05, 3.63) is 18.2 Å². The van der Waals surface area contributed by atoms with Gasteiger partial charge in [-0.15, -0.1) is 0 Å². The van der Waals surface area contributed by atoms with Gasteiger partial charge in [0.25, 0.3) is 0 Å². The highest BCUT2D eigenvalue weighted by atomic mass is 16.3. The Morgan fingerprint density at radius 3 is 2.86 bits per heavy atom. The summed E-state index contributed by atoms with van der Waals surface area (Å²) in [5, 5.41) is 9.64. The fourth-order valence-electron chi connectivity index (χ4n) is 2.34. The van der Waals surface area contributed by atoms with E-state index < -0.39 is 0 Å². The van der Waals surface area contributed by atoms with Gasteiger partial charge in [0, 0.05) is 25.9 Å². The van der Waals surface area contributed by atoms with Gasteiger partial charge in [-0.25, -0.2) is 4.98 Å². The number of nitrogens with zero attached hydrogens (tertiary/aromatic N) is 2. The van der Waals surface area contributed by atoms with Gasteiger partial charge in [-0.2, -0.15) is 0 Å². The SMILES string of the molecule is CC1C(O)CCC1Cc1nccn1C. The van der Waals surface area contributed by atoms with Gasteiger partial charge in [0.1, 0.15) is 5.82 Å². The molecule has 3 heteroatoms. The number of rotatable bonds is 2. The molecule has 14 heavy (non-hydrogen) atoms. The Morgan fingerprint density at radius 1 is 1.57 bits per heavy atom. The van der Waals surface area contributed by atoms with Gasteiger partial charge in [-0.05, 0) is 24.7 Å². The lowest BCUT2D eigenvalue weighted by atomic mass is 9.93. The van der Waals surface area contributed by atoms with Crippen LogP contribution in [0.25, 0.3) is 0 Å². The molecule has 0 spiro atoms. The summed E-state index contributed by atoms with van der Waals surface area (Å²) in [6.45, 7) is 2.14. The van der Waals surface area contributed by atoms with Crippen molar-refractivity contribution in [2.75, 3.05) is 0 Å². The third-order valence-electron chi connectivity index (χ3n) is 3.55. The first-order chi connectivity index (χ1) is 6.68. The molecular weight excluding hydrogens is 176 g/mol. The van der Waals surface area contributed by atoms with Crippen molar-refractivity contribution in [1.82, 2.24) is 9.55 Å². The normalized spacial score (nSPS) is 32.4. The van der Waals surface area contributed by atoms with Crippen molar-refractivity contribution in [2.24, 2.45) is 18.9 Å². The Bertz CT molecular complexity index is 308. The third kappa shape index (κ3) is 1.69. The number of hydrogen-bond donors (Lipinski definition) is 1. The first-order valence-electron chi connectivity index (χ1n) is 5.32. The molecule has 0 amide bonds. The Morgan fingerprint density at radius 2 is 2.36 bits per heavy atom. The molecule has 3 unspecified atom stereocenters. The number of hydrogen-bond acceptors (Lipinski definition) is 2. The summed E-state index contributed by atoms with van der Waals surface area (Å²) in [5.74, 6) is 2.16. The van der Waals surface area contributed by atoms with E-state index in [1.54, 1.807) is 0 Å². The minimum atomic E-state index is -0.0970. The van der Waals surface area contributed by atoms with Crippen LogP contribution in [0.15, 0.2) is 12.4 Å². The predicted octanol–water partition coefficient (Wildman–Crippen LogP) is 1.37. The molecule has 3 nitrogen and oxygen atoms in total. The van der Waals surface area contributed by atoms with Gasteiger partial charge in [-0.3, -0.25) is 0 Å². The van der Waals surface area contributed by atoms with E-state index in [0.717, 1.165) is 25.1 Å². The zero-order chi connectivity index (χ0) is 10.1. The summed E-state index contributed by atoms with van der Waals surface area (Å²) < 4.78 is 2.07. The number of imidazole rings is 1. The van der Waals surface area contributed by atoms with E-state index in [1.807, 2.05) is 19.4 Å². The van der Waals surface area contributed by atoms with Gasteiger partial charge >= 0.3 is 0 Å². The topological polar surface area (TPSA) is 38.1 Å². The van der Waals surface area contributed by atoms with Crippen LogP contribution in [0.4, 0.5) is 0 Å². The van der Waals surface area contributed by atoms with E-state index in [9.17, 15) is 5.11 Å². The zero-order valence-electron chi connectivity index (χ0n) is 8.85. The third-order valence-corrected chi connectivity index (χ3v) is 3.55. The molecule has 78 valence electrons. The van der Waals surface area contributed by atoms with Crippen LogP contribution < -0.4 is 0 Å². The molecule has 0 saturated heterocycles. The van der Waals surface area contributed by atoms with Gasteiger partial charge < -0.3 is 9.67 Å². The van der Waals surface area contributed by atoms with E-state index in [2.05, 4.69) is 16.5 Å². The van der Waals surface area contributed by atoms with E-state index in [1.165, 1.54) is 0 Å². The van der Waals surface area contributed by atoms with Crippen molar-refractivity contribution in [1.29, 1.82) is 0 Å². The van der Waals surface area contributed by atoms with Crippen LogP contribution in [0.3, 0.4) is 0 Å². The molecule has 1 aliphatic rings. The zero-order valence-corrected chi connectivity index (χ0v) is 8.85. The number of aryl methyl sites for hydroxylation is 1. The van der Waals surface area contributed by atoms with Crippen LogP contribution in [0.1, 0.15) is 25.6 Å². The molecule has 1 aromatic rings. The fraction of sp³-hybridized carbons (Fsp3) is 0.727. The van der Waals surface area contributed by atoms with E-state index in [0.29, 0.717) is 11.8 Å². The highest BCUT2D eigenvalue weighted by molar-refractivity contribution is 4.96. The molecule has 3 atom stereocenters. The smallest absolute Gasteiger partial charge is 0.108 e. The van der Waals surface area contributed by atoms with Crippen LogP contribution >= 0.6 is 0 Å². The Hall–Kier alpha value is -0.830. The van der Waals surface area contributed by atoms with Crippen LogP contribution in [-0.2, 0) is 13.5 Å². The van der Waals surface area contributed by atoms with Gasteiger partial charge in [0.05, 0.1) is 6.10 Å². The molecule has 1 N–H and O–H groups in total. The molecule has 1 aliphatic carbocycles. The average Bonchev–Trinajstić information content (AvgIpc) is 2.68. The summed E-state index contributed by atoms with van der Waals surface area (Å²) in [4.78, 5) is 4.32. The number of aliphatic hydroxyl groups excluding tert-OH is 1. The summed E-state index contributed by atoms with van der Waals surface area (Å²) in [7, 11) is 2.03. The molecular formula is C11H18N2O. The molecule has 1 heterocycles. The van der Waals surface area contributed by atoms with E-state index in [4.69, 9.17) is 0 Å². The van der Waals surface area contributed by atoms with Gasteiger partial charge in [0.15, 0.2) is 0 Å². The maximum atomic E-state index is 9.64. The van der Waals surface area contributed by atoms with Crippen LogP contribution in [0.2, 0.25) is 0 Å². The molecule has 1 saturated carbocycles. The van der Waals surface area contributed by atoms with E-state index >= 15 is 0 Å². The molecule has 1 aromatic heterocycles. The lowest BCUT2D eigenvalue weighted by Crippen LogP contribution is -2.18. The maximum absolute atomic E-state index is 9.64. The molecule has 0 aliphatic heterocycles. The fourth-order valence-corrected chi connectivity index (χ4v) is 2.34. The second-order valence-electron chi connectivity index (χ2n) is 4.42. The highest BCUT2D eigenvalue weighted by Crippen LogP contribution is 2.33. The average molecular weight is 194 g/mol. The van der Waals surface area contributed by atoms with Crippen molar-refractivity contribution >= 4 is 0 Å². The minimum Gasteiger partial charge on any atom is -0.393 e. The van der Waals surface area contributed by atoms with Crippen molar-refractivity contribution in [3.8, 4) is 0 Å². The van der Waals surface area contributed by atoms with Crippen molar-refractivity contribution in [2.45, 2.75) is 32.3 Å². The van der Waals surface area contributed by atoms with Crippen LogP contribution in [0, 0.1) is 11.8 Å². The monoisotopic (exact) mass is 194 g/mol. The Labute approximate surface area is 84.8 Å². The minimum absolute atomic E-state index is 0.0970. The molecule has 0 radical (unpaired) electrons. The van der Waals surface area contributed by atoms with Crippen LogP contribution in [-0.4, -0.2) is 20.8 Å². The Kier molecular flexibility index (Phi) is 2.59. The molecule has 0 bridgehead atoms. The van der Waals surface area contributed by atoms with Gasteiger partial charge in [0.2, 0.25) is 0 Å². The summed E-state index contributed by atoms with van der Waals surface area (Å²) in [6.07, 6.45) is 6.81. The highest BCUT2D eigenvalue weighted by Gasteiger charge is 2.31. The van der Waals surface area contributed by atoms with Gasteiger partial charge in [-0.1, -0.05) is 6.92 Å². The second kappa shape index (κ2) is 3.73. The molecule has 2 rings (SSSR count). The molecule has 1 fully saturated rings. The maximum Gasteiger partial charge on any atom is 0.108 e. The standard InChI is InChI=1S/C11H18N2O/c1-8-9(3-4-10(8)14)7-11-12-5-6-13(11)2/h5-6,8-10,14H,3-4,7H2,1-2H3.